The number of nitrogens with one attached hydrogen (secondary N) is 1. The van der Waals surface area contributed by atoms with Gasteiger partial charge in [0.05, 0.1) is 0 Å². The zero-order valence-corrected chi connectivity index (χ0v) is 12.6. The van der Waals surface area contributed by atoms with Crippen molar-refractivity contribution in [3.8, 4) is 0 Å². The van der Waals surface area contributed by atoms with Gasteiger partial charge < -0.3 is 5.32 Å². The number of Topliss-reactive ketones (excluding diaryl/α,β-unsaturated/α-hetero) is 1. The fourth-order valence-electron chi connectivity index (χ4n) is 4.42. The van der Waals surface area contributed by atoms with Gasteiger partial charge >= 0.3 is 0 Å². The number of fused-ring (bicyclic) bond motifs is 2. The number of hydrogen-bond acceptors (Lipinski definition) is 2. The van der Waals surface area contributed by atoms with Gasteiger partial charge in [0.2, 0.25) is 5.91 Å². The van der Waals surface area contributed by atoms with Gasteiger partial charge in [0.1, 0.15) is 5.78 Å². The van der Waals surface area contributed by atoms with E-state index in [-0.39, 0.29) is 23.7 Å². The second-order valence-corrected chi connectivity index (χ2v) is 7.36. The molecule has 0 spiro atoms. The van der Waals surface area contributed by atoms with Gasteiger partial charge in [-0.05, 0) is 57.3 Å². The number of carbonyl (C=O) groups excluding carboxylic acids is 2. The highest BCUT2D eigenvalue weighted by Gasteiger charge is 2.41. The van der Waals surface area contributed by atoms with Crippen LogP contribution in [-0.2, 0) is 9.59 Å². The van der Waals surface area contributed by atoms with Crippen LogP contribution in [0.5, 0.6) is 0 Å². The van der Waals surface area contributed by atoms with E-state index < -0.39 is 0 Å². The first-order valence-electron chi connectivity index (χ1n) is 8.47. The van der Waals surface area contributed by atoms with Gasteiger partial charge in [-0.3, -0.25) is 9.59 Å². The molecule has 3 aliphatic rings. The zero-order chi connectivity index (χ0) is 14.1. The summed E-state index contributed by atoms with van der Waals surface area (Å²) in [6, 6.07) is 0.385. The van der Waals surface area contributed by atoms with Gasteiger partial charge in [-0.15, -0.1) is 0 Å². The van der Waals surface area contributed by atoms with Crippen molar-refractivity contribution in [2.24, 2.45) is 23.7 Å². The molecule has 0 heterocycles. The van der Waals surface area contributed by atoms with Crippen LogP contribution < -0.4 is 5.32 Å². The number of carbonyl (C=O) groups is 2. The van der Waals surface area contributed by atoms with Gasteiger partial charge in [0.25, 0.3) is 0 Å². The largest absolute Gasteiger partial charge is 0.353 e. The Morgan fingerprint density at radius 2 is 1.60 bits per heavy atom. The summed E-state index contributed by atoms with van der Waals surface area (Å²) in [5.41, 5.74) is 0. The summed E-state index contributed by atoms with van der Waals surface area (Å²) in [6.07, 6.45) is 9.56. The van der Waals surface area contributed by atoms with Crippen LogP contribution in [0.4, 0.5) is 0 Å². The summed E-state index contributed by atoms with van der Waals surface area (Å²) in [7, 11) is 0. The molecular formula is C17H27NO2. The molecule has 2 unspecified atom stereocenters. The highest BCUT2D eigenvalue weighted by atomic mass is 16.2. The Morgan fingerprint density at radius 1 is 1.00 bits per heavy atom. The van der Waals surface area contributed by atoms with Crippen molar-refractivity contribution in [3.05, 3.63) is 0 Å². The molecule has 0 aliphatic heterocycles. The maximum Gasteiger partial charge on any atom is 0.223 e. The number of amides is 1. The van der Waals surface area contributed by atoms with Gasteiger partial charge in [-0.1, -0.05) is 13.3 Å². The highest BCUT2D eigenvalue weighted by molar-refractivity contribution is 5.88. The maximum absolute atomic E-state index is 12.5. The van der Waals surface area contributed by atoms with Crippen molar-refractivity contribution in [2.75, 3.05) is 0 Å². The summed E-state index contributed by atoms with van der Waals surface area (Å²) in [5.74, 6) is 1.96. The van der Waals surface area contributed by atoms with E-state index in [0.29, 0.717) is 11.8 Å². The summed E-state index contributed by atoms with van der Waals surface area (Å²) in [5, 5.41) is 3.26. The van der Waals surface area contributed by atoms with E-state index in [2.05, 4.69) is 12.2 Å². The number of ketones is 1. The summed E-state index contributed by atoms with van der Waals surface area (Å²) in [6.45, 7) is 2.30. The summed E-state index contributed by atoms with van der Waals surface area (Å²) >= 11 is 0. The lowest BCUT2D eigenvalue weighted by atomic mass is 9.67. The molecule has 3 saturated carbocycles. The molecule has 112 valence electrons. The van der Waals surface area contributed by atoms with Crippen molar-refractivity contribution < 1.29 is 9.59 Å². The third-order valence-corrected chi connectivity index (χ3v) is 5.78. The second-order valence-electron chi connectivity index (χ2n) is 7.36. The van der Waals surface area contributed by atoms with E-state index in [1.165, 1.54) is 19.3 Å². The standard InChI is InChI=1S/C17H27NO2/c1-11-5-7-15(8-6-11)18-17(20)14-9-12-3-2-4-13(10-14)16(12)19/h11-15H,2-10H2,1H3,(H,18,20). The van der Waals surface area contributed by atoms with Crippen LogP contribution in [0.3, 0.4) is 0 Å². The van der Waals surface area contributed by atoms with Crippen LogP contribution in [0.1, 0.15) is 64.7 Å². The summed E-state index contributed by atoms with van der Waals surface area (Å²) in [4.78, 5) is 24.5. The molecule has 1 N–H and O–H groups in total. The van der Waals surface area contributed by atoms with Gasteiger partial charge in [-0.25, -0.2) is 0 Å². The van der Waals surface area contributed by atoms with Crippen molar-refractivity contribution in [1.29, 1.82) is 0 Å². The molecule has 0 aromatic carbocycles. The van der Waals surface area contributed by atoms with Crippen molar-refractivity contribution in [3.63, 3.8) is 0 Å². The van der Waals surface area contributed by atoms with Gasteiger partial charge in [-0.2, -0.15) is 0 Å². The predicted molar refractivity (Wildman–Crippen MR) is 78.1 cm³/mol. The van der Waals surface area contributed by atoms with E-state index in [1.807, 2.05) is 0 Å². The van der Waals surface area contributed by atoms with E-state index in [4.69, 9.17) is 0 Å². The molecule has 2 bridgehead atoms. The van der Waals surface area contributed by atoms with E-state index in [1.54, 1.807) is 0 Å². The SMILES string of the molecule is CC1CCC(NC(=O)C2CC3CCCC(C2)C3=O)CC1. The molecule has 3 fully saturated rings. The van der Waals surface area contributed by atoms with Gasteiger partial charge in [0, 0.05) is 23.8 Å². The third-order valence-electron chi connectivity index (χ3n) is 5.78. The summed E-state index contributed by atoms with van der Waals surface area (Å²) < 4.78 is 0. The first-order valence-corrected chi connectivity index (χ1v) is 8.47. The van der Waals surface area contributed by atoms with Crippen molar-refractivity contribution in [2.45, 2.75) is 70.8 Å². The molecule has 20 heavy (non-hydrogen) atoms. The minimum absolute atomic E-state index is 0.0994. The van der Waals surface area contributed by atoms with Crippen LogP contribution in [0.25, 0.3) is 0 Å². The predicted octanol–water partition coefficient (Wildman–Crippen LogP) is 3.08. The average Bonchev–Trinajstić information content (AvgIpc) is 2.41. The lowest BCUT2D eigenvalue weighted by Gasteiger charge is -2.38. The number of hydrogen-bond donors (Lipinski definition) is 1. The smallest absolute Gasteiger partial charge is 0.223 e. The molecule has 3 aliphatic carbocycles. The van der Waals surface area contributed by atoms with Crippen LogP contribution >= 0.6 is 0 Å². The Hall–Kier alpha value is -0.860. The second kappa shape index (κ2) is 5.87. The minimum atomic E-state index is 0.0994. The normalized spacial score (nSPS) is 41.2. The molecule has 1 amide bonds. The minimum Gasteiger partial charge on any atom is -0.353 e. The molecule has 0 aromatic rings. The molecule has 0 aromatic heterocycles. The Morgan fingerprint density at radius 3 is 2.20 bits per heavy atom. The monoisotopic (exact) mass is 277 g/mol. The van der Waals surface area contributed by atoms with E-state index in [0.717, 1.165) is 44.4 Å². The Bertz CT molecular complexity index is 368. The van der Waals surface area contributed by atoms with Crippen LogP contribution in [-0.4, -0.2) is 17.7 Å². The van der Waals surface area contributed by atoms with Crippen LogP contribution in [0.2, 0.25) is 0 Å². The topological polar surface area (TPSA) is 46.2 Å². The molecule has 0 saturated heterocycles. The molecular weight excluding hydrogens is 250 g/mol. The highest BCUT2D eigenvalue weighted by Crippen LogP contribution is 2.40. The first kappa shape index (κ1) is 14.1. The molecule has 2 atom stereocenters. The third kappa shape index (κ3) is 2.91. The Kier molecular flexibility index (Phi) is 4.13. The quantitative estimate of drug-likeness (QED) is 0.843. The first-order chi connectivity index (χ1) is 9.63. The molecule has 0 radical (unpaired) electrons. The maximum atomic E-state index is 12.5. The van der Waals surface area contributed by atoms with Crippen LogP contribution in [0.15, 0.2) is 0 Å². The molecule has 3 nitrogen and oxygen atoms in total. The fourth-order valence-corrected chi connectivity index (χ4v) is 4.42. The average molecular weight is 277 g/mol. The van der Waals surface area contributed by atoms with Crippen LogP contribution in [0, 0.1) is 23.7 Å². The Balaban J connectivity index is 1.54. The Labute approximate surface area is 121 Å². The fraction of sp³-hybridized carbons (Fsp3) is 0.882. The van der Waals surface area contributed by atoms with Gasteiger partial charge in [0.15, 0.2) is 0 Å². The molecule has 3 heteroatoms. The molecule has 3 rings (SSSR count). The van der Waals surface area contributed by atoms with Crippen molar-refractivity contribution in [1.82, 2.24) is 5.32 Å². The lowest BCUT2D eigenvalue weighted by Crippen LogP contribution is -2.46. The number of rotatable bonds is 2. The van der Waals surface area contributed by atoms with E-state index in [9.17, 15) is 9.59 Å². The van der Waals surface area contributed by atoms with Crippen molar-refractivity contribution >= 4 is 11.7 Å². The van der Waals surface area contributed by atoms with E-state index >= 15 is 0 Å². The zero-order valence-electron chi connectivity index (χ0n) is 12.6. The lowest BCUT2D eigenvalue weighted by molar-refractivity contribution is -0.138.